The molecule has 0 aromatic carbocycles. The topological polar surface area (TPSA) is 26.7 Å². The third-order valence-corrected chi connectivity index (χ3v) is 3.11. The number of hydrogen-bond acceptors (Lipinski definition) is 3. The molecule has 1 heterocycles. The van der Waals surface area contributed by atoms with Crippen molar-refractivity contribution in [2.75, 3.05) is 32.7 Å². The Morgan fingerprint density at radius 1 is 1.44 bits per heavy atom. The predicted molar refractivity (Wildman–Crippen MR) is 68.6 cm³/mol. The van der Waals surface area contributed by atoms with Gasteiger partial charge in [0.25, 0.3) is 0 Å². The molecule has 0 saturated carbocycles. The van der Waals surface area contributed by atoms with Crippen LogP contribution in [0.2, 0.25) is 0 Å². The lowest BCUT2D eigenvalue weighted by atomic mass is 10.1. The maximum atomic E-state index is 9.40. The summed E-state index contributed by atoms with van der Waals surface area (Å²) in [5.74, 6) is 0. The third kappa shape index (κ3) is 4.64. The van der Waals surface area contributed by atoms with E-state index in [1.165, 1.54) is 5.57 Å². The minimum Gasteiger partial charge on any atom is -0.392 e. The van der Waals surface area contributed by atoms with E-state index in [4.69, 9.17) is 0 Å². The Hall–Kier alpha value is -0.380. The van der Waals surface area contributed by atoms with Crippen LogP contribution in [0.3, 0.4) is 0 Å². The fourth-order valence-electron chi connectivity index (χ4n) is 2.16. The number of allylic oxidation sites excluding steroid dienone is 1. The lowest BCUT2D eigenvalue weighted by Gasteiger charge is -2.40. The van der Waals surface area contributed by atoms with E-state index in [0.717, 1.165) is 32.7 Å². The highest BCUT2D eigenvalue weighted by Gasteiger charge is 2.23. The second-order valence-corrected chi connectivity index (χ2v) is 5.23. The van der Waals surface area contributed by atoms with E-state index in [2.05, 4.69) is 36.6 Å². The van der Waals surface area contributed by atoms with Crippen LogP contribution in [0.5, 0.6) is 0 Å². The van der Waals surface area contributed by atoms with Crippen molar-refractivity contribution in [2.45, 2.75) is 39.8 Å². The van der Waals surface area contributed by atoms with Crippen LogP contribution >= 0.6 is 0 Å². The molecule has 1 rings (SSSR count). The number of piperazine rings is 1. The molecular weight excluding hydrogens is 200 g/mol. The van der Waals surface area contributed by atoms with Gasteiger partial charge in [0.2, 0.25) is 0 Å². The summed E-state index contributed by atoms with van der Waals surface area (Å²) in [6.45, 7) is 13.6. The van der Waals surface area contributed by atoms with Crippen molar-refractivity contribution >= 4 is 0 Å². The second-order valence-electron chi connectivity index (χ2n) is 5.23. The van der Waals surface area contributed by atoms with Crippen LogP contribution in [-0.4, -0.2) is 59.8 Å². The van der Waals surface area contributed by atoms with Crippen molar-refractivity contribution in [2.24, 2.45) is 0 Å². The van der Waals surface area contributed by atoms with Gasteiger partial charge in [0.05, 0.1) is 6.10 Å². The SMILES string of the molecule is CC(C)=CCN1CCN(CC(C)O)C(C)C1. The monoisotopic (exact) mass is 226 g/mol. The van der Waals surface area contributed by atoms with E-state index in [9.17, 15) is 5.11 Å². The zero-order valence-corrected chi connectivity index (χ0v) is 11.1. The summed E-state index contributed by atoms with van der Waals surface area (Å²) in [6, 6.07) is 0.550. The fourth-order valence-corrected chi connectivity index (χ4v) is 2.16. The van der Waals surface area contributed by atoms with Crippen LogP contribution in [0.15, 0.2) is 11.6 Å². The van der Waals surface area contributed by atoms with Crippen LogP contribution < -0.4 is 0 Å². The molecule has 1 aliphatic rings. The van der Waals surface area contributed by atoms with Crippen LogP contribution in [-0.2, 0) is 0 Å². The standard InChI is InChI=1S/C13H26N2O/c1-11(2)5-6-14-7-8-15(10-13(4)16)12(3)9-14/h5,12-13,16H,6-10H2,1-4H3. The lowest BCUT2D eigenvalue weighted by molar-refractivity contribution is 0.0494. The van der Waals surface area contributed by atoms with Gasteiger partial charge in [0, 0.05) is 38.8 Å². The molecule has 1 N–H and O–H groups in total. The highest BCUT2D eigenvalue weighted by Crippen LogP contribution is 2.10. The van der Waals surface area contributed by atoms with Crippen molar-refractivity contribution < 1.29 is 5.11 Å². The lowest BCUT2D eigenvalue weighted by Crippen LogP contribution is -2.53. The molecule has 94 valence electrons. The quantitative estimate of drug-likeness (QED) is 0.733. The summed E-state index contributed by atoms with van der Waals surface area (Å²) >= 11 is 0. The molecule has 0 amide bonds. The molecule has 0 aromatic rings. The molecule has 1 saturated heterocycles. The Morgan fingerprint density at radius 3 is 2.62 bits per heavy atom. The second kappa shape index (κ2) is 6.38. The van der Waals surface area contributed by atoms with Crippen LogP contribution in [0.25, 0.3) is 0 Å². The summed E-state index contributed by atoms with van der Waals surface area (Å²) in [5.41, 5.74) is 1.39. The zero-order chi connectivity index (χ0) is 12.1. The van der Waals surface area contributed by atoms with Crippen molar-refractivity contribution in [3.8, 4) is 0 Å². The van der Waals surface area contributed by atoms with Gasteiger partial charge in [-0.2, -0.15) is 0 Å². The van der Waals surface area contributed by atoms with Gasteiger partial charge in [-0.15, -0.1) is 0 Å². The maximum absolute atomic E-state index is 9.40. The predicted octanol–water partition coefficient (Wildman–Crippen LogP) is 1.34. The first-order valence-corrected chi connectivity index (χ1v) is 6.27. The molecular formula is C13H26N2O. The van der Waals surface area contributed by atoms with Gasteiger partial charge in [0.15, 0.2) is 0 Å². The van der Waals surface area contributed by atoms with Gasteiger partial charge in [-0.1, -0.05) is 11.6 Å². The van der Waals surface area contributed by atoms with Crippen LogP contribution in [0.1, 0.15) is 27.7 Å². The molecule has 3 nitrogen and oxygen atoms in total. The normalized spacial score (nSPS) is 25.4. The van der Waals surface area contributed by atoms with Gasteiger partial charge >= 0.3 is 0 Å². The number of rotatable bonds is 4. The van der Waals surface area contributed by atoms with E-state index in [0.29, 0.717) is 6.04 Å². The molecule has 0 aliphatic carbocycles. The first kappa shape index (κ1) is 13.7. The van der Waals surface area contributed by atoms with Crippen molar-refractivity contribution in [3.05, 3.63) is 11.6 Å². The molecule has 0 radical (unpaired) electrons. The van der Waals surface area contributed by atoms with Gasteiger partial charge < -0.3 is 5.11 Å². The average molecular weight is 226 g/mol. The number of aliphatic hydroxyl groups is 1. The number of β-amino-alcohol motifs (C(OH)–C–C–N with tert-alkyl or cyclic N) is 1. The molecule has 1 aliphatic heterocycles. The fraction of sp³-hybridized carbons (Fsp3) is 0.846. The molecule has 0 aromatic heterocycles. The van der Waals surface area contributed by atoms with Crippen LogP contribution in [0, 0.1) is 0 Å². The number of aliphatic hydroxyl groups excluding tert-OH is 1. The highest BCUT2D eigenvalue weighted by atomic mass is 16.3. The Balaban J connectivity index is 2.36. The molecule has 2 atom stereocenters. The Bertz CT molecular complexity index is 234. The van der Waals surface area contributed by atoms with Gasteiger partial charge in [0.1, 0.15) is 0 Å². The maximum Gasteiger partial charge on any atom is 0.0639 e. The Labute approximate surface area is 99.7 Å². The zero-order valence-electron chi connectivity index (χ0n) is 11.1. The van der Waals surface area contributed by atoms with Gasteiger partial charge in [-0.25, -0.2) is 0 Å². The smallest absolute Gasteiger partial charge is 0.0639 e. The van der Waals surface area contributed by atoms with Gasteiger partial charge in [-0.05, 0) is 27.7 Å². The molecule has 2 unspecified atom stereocenters. The summed E-state index contributed by atoms with van der Waals surface area (Å²) in [4.78, 5) is 4.86. The largest absolute Gasteiger partial charge is 0.392 e. The van der Waals surface area contributed by atoms with Crippen LogP contribution in [0.4, 0.5) is 0 Å². The van der Waals surface area contributed by atoms with Crippen molar-refractivity contribution in [3.63, 3.8) is 0 Å². The van der Waals surface area contributed by atoms with E-state index >= 15 is 0 Å². The minimum absolute atomic E-state index is 0.216. The van der Waals surface area contributed by atoms with E-state index in [1.54, 1.807) is 0 Å². The summed E-state index contributed by atoms with van der Waals surface area (Å²) in [6.07, 6.45) is 2.07. The Morgan fingerprint density at radius 2 is 2.12 bits per heavy atom. The van der Waals surface area contributed by atoms with E-state index < -0.39 is 0 Å². The molecule has 0 bridgehead atoms. The summed E-state index contributed by atoms with van der Waals surface area (Å²) < 4.78 is 0. The molecule has 3 heteroatoms. The average Bonchev–Trinajstić information content (AvgIpc) is 2.18. The Kier molecular flexibility index (Phi) is 5.46. The number of hydrogen-bond donors (Lipinski definition) is 1. The highest BCUT2D eigenvalue weighted by molar-refractivity contribution is 4.96. The summed E-state index contributed by atoms with van der Waals surface area (Å²) in [5, 5.41) is 9.40. The first-order chi connectivity index (χ1) is 7.49. The molecule has 16 heavy (non-hydrogen) atoms. The van der Waals surface area contributed by atoms with Gasteiger partial charge in [-0.3, -0.25) is 9.80 Å². The van der Waals surface area contributed by atoms with E-state index in [-0.39, 0.29) is 6.10 Å². The third-order valence-electron chi connectivity index (χ3n) is 3.11. The number of nitrogens with zero attached hydrogens (tertiary/aromatic N) is 2. The molecule has 1 fully saturated rings. The minimum atomic E-state index is -0.216. The van der Waals surface area contributed by atoms with E-state index in [1.807, 2.05) is 6.92 Å². The summed E-state index contributed by atoms with van der Waals surface area (Å²) in [7, 11) is 0. The first-order valence-electron chi connectivity index (χ1n) is 6.27. The van der Waals surface area contributed by atoms with Crippen molar-refractivity contribution in [1.29, 1.82) is 0 Å². The van der Waals surface area contributed by atoms with Crippen molar-refractivity contribution in [1.82, 2.24) is 9.80 Å². The molecule has 0 spiro atoms.